The van der Waals surface area contributed by atoms with Crippen LogP contribution in [0.1, 0.15) is 45.3 Å². The molecule has 0 spiro atoms. The standard InChI is InChI=1S/C13H24N3O2/c1-5-8-9-15-11(4)16(6-2)14-12(15)10-13(17)18-7-3/h5-10H2,1-4H3/q+1. The second-order valence-corrected chi connectivity index (χ2v) is 4.27. The van der Waals surface area contributed by atoms with E-state index in [4.69, 9.17) is 4.74 Å². The number of hydrogen-bond acceptors (Lipinski definition) is 3. The molecule has 1 rings (SSSR count). The number of esters is 1. The van der Waals surface area contributed by atoms with E-state index in [1.165, 1.54) is 0 Å². The van der Waals surface area contributed by atoms with Gasteiger partial charge in [-0.3, -0.25) is 4.79 Å². The van der Waals surface area contributed by atoms with E-state index in [9.17, 15) is 4.79 Å². The number of carbonyl (C=O) groups is 1. The molecule has 0 unspecified atom stereocenters. The van der Waals surface area contributed by atoms with E-state index >= 15 is 0 Å². The van der Waals surface area contributed by atoms with E-state index in [0.29, 0.717) is 6.61 Å². The Bertz CT molecular complexity index is 399. The Morgan fingerprint density at radius 1 is 1.39 bits per heavy atom. The Hall–Kier alpha value is -1.39. The van der Waals surface area contributed by atoms with Crippen molar-refractivity contribution in [2.75, 3.05) is 6.61 Å². The molecular weight excluding hydrogens is 230 g/mol. The van der Waals surface area contributed by atoms with Crippen molar-refractivity contribution >= 4 is 5.97 Å². The minimum atomic E-state index is -0.205. The molecule has 1 heterocycles. The van der Waals surface area contributed by atoms with Gasteiger partial charge in [0.1, 0.15) is 13.0 Å². The normalized spacial score (nSPS) is 10.7. The fourth-order valence-electron chi connectivity index (χ4n) is 1.97. The van der Waals surface area contributed by atoms with Gasteiger partial charge in [-0.1, -0.05) is 13.3 Å². The first kappa shape index (κ1) is 14.7. The van der Waals surface area contributed by atoms with Gasteiger partial charge >= 0.3 is 5.97 Å². The zero-order valence-corrected chi connectivity index (χ0v) is 11.9. The van der Waals surface area contributed by atoms with Crippen LogP contribution >= 0.6 is 0 Å². The molecule has 0 saturated carbocycles. The Balaban J connectivity index is 2.90. The molecule has 0 aliphatic rings. The zero-order valence-electron chi connectivity index (χ0n) is 11.9. The lowest BCUT2D eigenvalue weighted by Gasteiger charge is -2.02. The zero-order chi connectivity index (χ0) is 13.5. The highest BCUT2D eigenvalue weighted by Gasteiger charge is 2.23. The maximum Gasteiger partial charge on any atom is 0.316 e. The Morgan fingerprint density at radius 3 is 2.67 bits per heavy atom. The van der Waals surface area contributed by atoms with Crippen LogP contribution in [0.4, 0.5) is 0 Å². The highest BCUT2D eigenvalue weighted by Crippen LogP contribution is 2.00. The summed E-state index contributed by atoms with van der Waals surface area (Å²) in [5, 5.41) is 4.48. The summed E-state index contributed by atoms with van der Waals surface area (Å²) in [7, 11) is 0. The minimum Gasteiger partial charge on any atom is -0.466 e. The summed E-state index contributed by atoms with van der Waals surface area (Å²) in [6.07, 6.45) is 2.48. The van der Waals surface area contributed by atoms with Crippen molar-refractivity contribution in [1.82, 2.24) is 9.78 Å². The van der Waals surface area contributed by atoms with Crippen molar-refractivity contribution in [3.05, 3.63) is 11.6 Å². The third-order valence-corrected chi connectivity index (χ3v) is 2.95. The molecule has 0 N–H and O–H groups in total. The second-order valence-electron chi connectivity index (χ2n) is 4.27. The van der Waals surface area contributed by atoms with Gasteiger partial charge in [-0.05, 0) is 20.3 Å². The topological polar surface area (TPSA) is 48.0 Å². The molecule has 18 heavy (non-hydrogen) atoms. The smallest absolute Gasteiger partial charge is 0.316 e. The maximum absolute atomic E-state index is 11.6. The molecule has 0 amide bonds. The molecule has 1 aromatic heterocycles. The first-order valence-electron chi connectivity index (χ1n) is 6.75. The number of nitrogens with zero attached hydrogens (tertiary/aromatic N) is 3. The number of ether oxygens (including phenoxy) is 1. The molecule has 0 aliphatic heterocycles. The van der Waals surface area contributed by atoms with Crippen molar-refractivity contribution < 1.29 is 14.1 Å². The van der Waals surface area contributed by atoms with Crippen LogP contribution in [0.2, 0.25) is 0 Å². The quantitative estimate of drug-likeness (QED) is 0.546. The number of unbranched alkanes of at least 4 members (excludes halogenated alkanes) is 1. The van der Waals surface area contributed by atoms with Crippen molar-refractivity contribution in [3.8, 4) is 0 Å². The van der Waals surface area contributed by atoms with E-state index < -0.39 is 0 Å². The highest BCUT2D eigenvalue weighted by atomic mass is 16.5. The first-order valence-corrected chi connectivity index (χ1v) is 6.75. The molecule has 5 heteroatoms. The van der Waals surface area contributed by atoms with Gasteiger partial charge in [0.05, 0.1) is 13.2 Å². The Kier molecular flexibility index (Phi) is 5.82. The number of rotatable bonds is 7. The second kappa shape index (κ2) is 7.13. The molecular formula is C13H24N3O2+. The van der Waals surface area contributed by atoms with Gasteiger partial charge < -0.3 is 4.74 Å². The van der Waals surface area contributed by atoms with E-state index in [1.54, 1.807) is 0 Å². The van der Waals surface area contributed by atoms with E-state index in [2.05, 4.69) is 23.5 Å². The third-order valence-electron chi connectivity index (χ3n) is 2.95. The fourth-order valence-corrected chi connectivity index (χ4v) is 1.97. The lowest BCUT2D eigenvalue weighted by atomic mass is 10.3. The molecule has 0 bridgehead atoms. The molecule has 0 atom stereocenters. The summed E-state index contributed by atoms with van der Waals surface area (Å²) < 4.78 is 9.05. The van der Waals surface area contributed by atoms with Gasteiger partial charge in [-0.15, -0.1) is 4.68 Å². The van der Waals surface area contributed by atoms with E-state index in [-0.39, 0.29) is 12.4 Å². The molecule has 102 valence electrons. The van der Waals surface area contributed by atoms with Gasteiger partial charge in [0.25, 0.3) is 5.82 Å². The van der Waals surface area contributed by atoms with Crippen LogP contribution in [0.15, 0.2) is 0 Å². The van der Waals surface area contributed by atoms with Gasteiger partial charge in [0.2, 0.25) is 5.82 Å². The van der Waals surface area contributed by atoms with Gasteiger partial charge in [-0.2, -0.15) is 0 Å². The van der Waals surface area contributed by atoms with Gasteiger partial charge in [0.15, 0.2) is 0 Å². The Labute approximate surface area is 109 Å². The lowest BCUT2D eigenvalue weighted by Crippen LogP contribution is -2.40. The summed E-state index contributed by atoms with van der Waals surface area (Å²) in [5.41, 5.74) is 0. The van der Waals surface area contributed by atoms with E-state index in [0.717, 1.165) is 37.6 Å². The predicted molar refractivity (Wildman–Crippen MR) is 68.1 cm³/mol. The van der Waals surface area contributed by atoms with Crippen molar-refractivity contribution in [2.24, 2.45) is 0 Å². The number of carbonyl (C=O) groups excluding carboxylic acids is 1. The summed E-state index contributed by atoms with van der Waals surface area (Å²) in [5.74, 6) is 1.70. The molecule has 0 aromatic carbocycles. The average molecular weight is 254 g/mol. The van der Waals surface area contributed by atoms with Crippen LogP contribution in [0.5, 0.6) is 0 Å². The van der Waals surface area contributed by atoms with Crippen LogP contribution in [0.3, 0.4) is 0 Å². The van der Waals surface area contributed by atoms with E-state index in [1.807, 2.05) is 18.5 Å². The first-order chi connectivity index (χ1) is 8.63. The molecule has 0 saturated heterocycles. The lowest BCUT2D eigenvalue weighted by molar-refractivity contribution is -0.710. The summed E-state index contributed by atoms with van der Waals surface area (Å²) >= 11 is 0. The summed E-state index contributed by atoms with van der Waals surface area (Å²) in [4.78, 5) is 11.6. The van der Waals surface area contributed by atoms with Crippen LogP contribution in [0, 0.1) is 6.92 Å². The number of aromatic nitrogens is 3. The highest BCUT2D eigenvalue weighted by molar-refractivity contribution is 5.71. The third kappa shape index (κ3) is 3.55. The maximum atomic E-state index is 11.6. The van der Waals surface area contributed by atoms with Gasteiger partial charge in [-0.25, -0.2) is 4.57 Å². The monoisotopic (exact) mass is 254 g/mol. The fraction of sp³-hybridized carbons (Fsp3) is 0.769. The van der Waals surface area contributed by atoms with Crippen molar-refractivity contribution in [2.45, 2.75) is 60.0 Å². The summed E-state index contributed by atoms with van der Waals surface area (Å²) in [6.45, 7) is 10.2. The van der Waals surface area contributed by atoms with Crippen LogP contribution in [-0.2, 0) is 29.0 Å². The average Bonchev–Trinajstić information content (AvgIpc) is 2.63. The van der Waals surface area contributed by atoms with Crippen molar-refractivity contribution in [1.29, 1.82) is 0 Å². The predicted octanol–water partition coefficient (Wildman–Crippen LogP) is 1.40. The minimum absolute atomic E-state index is 0.205. The molecule has 0 aliphatic carbocycles. The SMILES string of the molecule is CCCC[n+]1c(CC(=O)OCC)nn(CC)c1C. The molecule has 0 fully saturated rings. The molecule has 5 nitrogen and oxygen atoms in total. The summed E-state index contributed by atoms with van der Waals surface area (Å²) in [6, 6.07) is 0. The van der Waals surface area contributed by atoms with Crippen molar-refractivity contribution in [3.63, 3.8) is 0 Å². The van der Waals surface area contributed by atoms with Crippen LogP contribution in [0.25, 0.3) is 0 Å². The number of hydrogen-bond donors (Lipinski definition) is 0. The molecule has 0 radical (unpaired) electrons. The largest absolute Gasteiger partial charge is 0.466 e. The number of aryl methyl sites for hydroxylation is 1. The van der Waals surface area contributed by atoms with Crippen LogP contribution < -0.4 is 4.57 Å². The van der Waals surface area contributed by atoms with Gasteiger partial charge in [0, 0.05) is 12.0 Å². The van der Waals surface area contributed by atoms with Crippen LogP contribution in [-0.4, -0.2) is 22.4 Å². The molecule has 1 aromatic rings. The Morgan fingerprint density at radius 2 is 2.11 bits per heavy atom.